The van der Waals surface area contributed by atoms with E-state index < -0.39 is 5.79 Å². The van der Waals surface area contributed by atoms with Crippen LogP contribution in [-0.2, 0) is 6.54 Å². The number of benzene rings is 2. The van der Waals surface area contributed by atoms with E-state index in [0.717, 1.165) is 48.5 Å². The van der Waals surface area contributed by atoms with Crippen molar-refractivity contribution < 1.29 is 23.7 Å². The Balaban J connectivity index is 1.26. The predicted molar refractivity (Wildman–Crippen MR) is 107 cm³/mol. The third-order valence-corrected chi connectivity index (χ3v) is 5.63. The molecule has 29 heavy (non-hydrogen) atoms. The third-order valence-electron chi connectivity index (χ3n) is 5.63. The molecule has 0 aromatic heterocycles. The van der Waals surface area contributed by atoms with Crippen molar-refractivity contribution in [2.24, 2.45) is 0 Å². The highest BCUT2D eigenvalue weighted by Crippen LogP contribution is 2.47. The van der Waals surface area contributed by atoms with Gasteiger partial charge in [0.15, 0.2) is 23.0 Å². The molecular weight excluding hydrogens is 372 g/mol. The zero-order valence-corrected chi connectivity index (χ0v) is 16.4. The number of hydrogen-bond acceptors (Lipinski definition) is 5. The van der Waals surface area contributed by atoms with Crippen molar-refractivity contribution in [1.82, 2.24) is 4.90 Å². The van der Waals surface area contributed by atoms with E-state index in [9.17, 15) is 4.79 Å². The van der Waals surface area contributed by atoms with Gasteiger partial charge >= 0.3 is 6.03 Å². The molecule has 2 heterocycles. The smallest absolute Gasteiger partial charge is 0.322 e. The number of ether oxygens (including phenoxy) is 4. The summed E-state index contributed by atoms with van der Waals surface area (Å²) < 4.78 is 22.9. The van der Waals surface area contributed by atoms with Gasteiger partial charge in [0.25, 0.3) is 5.79 Å². The number of carbonyl (C=O) groups excluding carboxylic acids is 1. The van der Waals surface area contributed by atoms with E-state index in [2.05, 4.69) is 5.32 Å². The summed E-state index contributed by atoms with van der Waals surface area (Å²) >= 11 is 0. The molecule has 0 bridgehead atoms. The third kappa shape index (κ3) is 3.41. The molecule has 1 spiro atoms. The van der Waals surface area contributed by atoms with Crippen LogP contribution in [0.3, 0.4) is 0 Å². The van der Waals surface area contributed by atoms with Gasteiger partial charge in [0.2, 0.25) is 6.79 Å². The lowest BCUT2D eigenvalue weighted by atomic mass is 10.2. The minimum atomic E-state index is -0.500. The van der Waals surface area contributed by atoms with Crippen molar-refractivity contribution >= 4 is 11.7 Å². The topological polar surface area (TPSA) is 69.3 Å². The first-order valence-corrected chi connectivity index (χ1v) is 10.1. The highest BCUT2D eigenvalue weighted by atomic mass is 16.7. The van der Waals surface area contributed by atoms with Gasteiger partial charge in [-0.05, 0) is 49.6 Å². The molecule has 5 rings (SSSR count). The average Bonchev–Trinajstić information content (AvgIpc) is 3.45. The molecule has 1 aliphatic carbocycles. The van der Waals surface area contributed by atoms with Crippen LogP contribution in [0.15, 0.2) is 36.4 Å². The Morgan fingerprint density at radius 1 is 1.00 bits per heavy atom. The number of hydrogen-bond donors (Lipinski definition) is 1. The maximum Gasteiger partial charge on any atom is 0.322 e. The van der Waals surface area contributed by atoms with Crippen molar-refractivity contribution in [3.63, 3.8) is 0 Å². The first-order chi connectivity index (χ1) is 14.1. The molecule has 1 fully saturated rings. The largest absolute Gasteiger partial charge is 0.454 e. The summed E-state index contributed by atoms with van der Waals surface area (Å²) in [7, 11) is 0. The highest BCUT2D eigenvalue weighted by Gasteiger charge is 2.44. The van der Waals surface area contributed by atoms with Crippen LogP contribution < -0.4 is 24.3 Å². The van der Waals surface area contributed by atoms with Crippen molar-refractivity contribution in [2.45, 2.75) is 44.9 Å². The van der Waals surface area contributed by atoms with Gasteiger partial charge < -0.3 is 29.2 Å². The van der Waals surface area contributed by atoms with Gasteiger partial charge in [-0.1, -0.05) is 6.07 Å². The molecule has 7 heteroatoms. The Labute approximate surface area is 169 Å². The summed E-state index contributed by atoms with van der Waals surface area (Å²) in [5, 5.41) is 2.97. The van der Waals surface area contributed by atoms with Gasteiger partial charge in [-0.3, -0.25) is 0 Å². The van der Waals surface area contributed by atoms with E-state index in [1.165, 1.54) is 0 Å². The number of amides is 2. The predicted octanol–water partition coefficient (Wildman–Crippen LogP) is 4.51. The summed E-state index contributed by atoms with van der Waals surface area (Å²) in [4.78, 5) is 14.6. The lowest BCUT2D eigenvalue weighted by Crippen LogP contribution is -2.34. The maximum absolute atomic E-state index is 12.8. The van der Waals surface area contributed by atoms with Gasteiger partial charge in [0.1, 0.15) is 0 Å². The average molecular weight is 396 g/mol. The lowest BCUT2D eigenvalue weighted by Gasteiger charge is -2.22. The molecule has 2 aliphatic heterocycles. The number of nitrogens with one attached hydrogen (secondary N) is 1. The Bertz CT molecular complexity index is 939. The molecule has 3 aliphatic rings. The quantitative estimate of drug-likeness (QED) is 0.823. The molecule has 1 N–H and O–H groups in total. The maximum atomic E-state index is 12.8. The lowest BCUT2D eigenvalue weighted by molar-refractivity contribution is -0.0716. The number of carbonyl (C=O) groups is 1. The zero-order valence-electron chi connectivity index (χ0n) is 16.4. The molecule has 0 saturated heterocycles. The standard InChI is InChI=1S/C22H24N2O5/c1-2-24(13-15-5-7-17-19(11-15)27-14-26-17)21(25)23-16-6-8-18-20(12-16)29-22(28-18)9-3-4-10-22/h5-8,11-12H,2-4,9-10,13-14H2,1H3,(H,23,25). The normalized spacial score (nSPS) is 17.6. The first kappa shape index (κ1) is 18.0. The van der Waals surface area contributed by atoms with Crippen molar-refractivity contribution in [2.75, 3.05) is 18.7 Å². The van der Waals surface area contributed by atoms with Crippen LogP contribution in [0.1, 0.15) is 38.2 Å². The molecule has 2 aromatic carbocycles. The monoisotopic (exact) mass is 396 g/mol. The van der Waals surface area contributed by atoms with Crippen LogP contribution in [-0.4, -0.2) is 30.1 Å². The SMILES string of the molecule is CCN(Cc1ccc2c(c1)OCO2)C(=O)Nc1ccc2c(c1)OC1(CCCC1)O2. The first-order valence-electron chi connectivity index (χ1n) is 10.1. The van der Waals surface area contributed by atoms with Crippen molar-refractivity contribution in [3.8, 4) is 23.0 Å². The summed E-state index contributed by atoms with van der Waals surface area (Å²) in [5.41, 5.74) is 1.68. The van der Waals surface area contributed by atoms with Crippen LogP contribution in [0.25, 0.3) is 0 Å². The Kier molecular flexibility index (Phi) is 4.38. The molecule has 7 nitrogen and oxygen atoms in total. The molecule has 0 radical (unpaired) electrons. The number of anilines is 1. The fraction of sp³-hybridized carbons (Fsp3) is 0.409. The Hall–Kier alpha value is -3.09. The van der Waals surface area contributed by atoms with Gasteiger partial charge in [0.05, 0.1) is 0 Å². The van der Waals surface area contributed by atoms with E-state index in [0.29, 0.717) is 24.5 Å². The van der Waals surface area contributed by atoms with Crippen molar-refractivity contribution in [1.29, 1.82) is 0 Å². The fourth-order valence-corrected chi connectivity index (χ4v) is 4.08. The number of rotatable bonds is 4. The molecule has 1 saturated carbocycles. The van der Waals surface area contributed by atoms with E-state index in [1.807, 2.05) is 43.3 Å². The minimum absolute atomic E-state index is 0.167. The second kappa shape index (κ2) is 7.06. The second-order valence-corrected chi connectivity index (χ2v) is 7.62. The molecular formula is C22H24N2O5. The number of urea groups is 1. The molecule has 2 aromatic rings. The van der Waals surface area contributed by atoms with Crippen LogP contribution in [0, 0.1) is 0 Å². The van der Waals surface area contributed by atoms with Gasteiger partial charge in [-0.15, -0.1) is 0 Å². The molecule has 2 amide bonds. The Morgan fingerprint density at radius 3 is 2.59 bits per heavy atom. The summed E-state index contributed by atoms with van der Waals surface area (Å²) in [6.07, 6.45) is 4.04. The number of nitrogens with zero attached hydrogens (tertiary/aromatic N) is 1. The van der Waals surface area contributed by atoms with Gasteiger partial charge in [0, 0.05) is 37.7 Å². The van der Waals surface area contributed by atoms with E-state index in [4.69, 9.17) is 18.9 Å². The van der Waals surface area contributed by atoms with E-state index in [1.54, 1.807) is 4.90 Å². The Morgan fingerprint density at radius 2 is 1.76 bits per heavy atom. The molecule has 0 atom stereocenters. The second-order valence-electron chi connectivity index (χ2n) is 7.62. The van der Waals surface area contributed by atoms with Crippen LogP contribution in [0.4, 0.5) is 10.5 Å². The zero-order chi connectivity index (χ0) is 19.8. The van der Waals surface area contributed by atoms with Crippen LogP contribution in [0.5, 0.6) is 23.0 Å². The highest BCUT2D eigenvalue weighted by molar-refractivity contribution is 5.89. The number of fused-ring (bicyclic) bond motifs is 2. The van der Waals surface area contributed by atoms with Gasteiger partial charge in [-0.2, -0.15) is 0 Å². The van der Waals surface area contributed by atoms with E-state index in [-0.39, 0.29) is 12.8 Å². The van der Waals surface area contributed by atoms with Crippen LogP contribution in [0.2, 0.25) is 0 Å². The molecule has 152 valence electrons. The van der Waals surface area contributed by atoms with Crippen molar-refractivity contribution in [3.05, 3.63) is 42.0 Å². The van der Waals surface area contributed by atoms with Gasteiger partial charge in [-0.25, -0.2) is 4.79 Å². The van der Waals surface area contributed by atoms with Crippen LogP contribution >= 0.6 is 0 Å². The fourth-order valence-electron chi connectivity index (χ4n) is 4.08. The summed E-state index contributed by atoms with van der Waals surface area (Å²) in [5.74, 6) is 2.40. The van der Waals surface area contributed by atoms with E-state index >= 15 is 0 Å². The molecule has 0 unspecified atom stereocenters. The minimum Gasteiger partial charge on any atom is -0.454 e. The summed E-state index contributed by atoms with van der Waals surface area (Å²) in [6.45, 7) is 3.25. The summed E-state index contributed by atoms with van der Waals surface area (Å²) in [6, 6.07) is 11.1.